The topological polar surface area (TPSA) is 63.3 Å². The molecule has 40 valence electrons. The van der Waals surface area contributed by atoms with Crippen molar-refractivity contribution in [3.63, 3.8) is 0 Å². The zero-order chi connectivity index (χ0) is 5.70. The highest BCUT2D eigenvalue weighted by Crippen LogP contribution is 1.76. The lowest BCUT2D eigenvalue weighted by Gasteiger charge is -1.77. The van der Waals surface area contributed by atoms with Crippen molar-refractivity contribution in [2.45, 2.75) is 6.42 Å². The van der Waals surface area contributed by atoms with E-state index in [2.05, 4.69) is 0 Å². The first-order valence-electron chi connectivity index (χ1n) is 1.86. The number of rotatable bonds is 2. The minimum absolute atomic E-state index is 0.0104. The van der Waals surface area contributed by atoms with Crippen molar-refractivity contribution < 1.29 is 9.90 Å². The molecule has 3 nitrogen and oxygen atoms in total. The second kappa shape index (κ2) is 3.21. The van der Waals surface area contributed by atoms with Crippen molar-refractivity contribution in [1.29, 1.82) is 0 Å². The van der Waals surface area contributed by atoms with Gasteiger partial charge in [-0.2, -0.15) is 0 Å². The van der Waals surface area contributed by atoms with E-state index in [4.69, 9.17) is 10.8 Å². The van der Waals surface area contributed by atoms with Crippen LogP contribution in [0, 0.1) is 0 Å². The highest BCUT2D eigenvalue weighted by atomic mass is 16.4. The molecule has 0 aromatic heterocycles. The SMILES string of the molecule is N/C=C\CC(=O)O. The van der Waals surface area contributed by atoms with E-state index in [9.17, 15) is 4.79 Å². The lowest BCUT2D eigenvalue weighted by Crippen LogP contribution is -1.90. The van der Waals surface area contributed by atoms with Crippen LogP contribution < -0.4 is 5.73 Å². The van der Waals surface area contributed by atoms with Crippen molar-refractivity contribution in [2.75, 3.05) is 0 Å². The summed E-state index contributed by atoms with van der Waals surface area (Å²) in [5.41, 5.74) is 4.83. The molecule has 0 heterocycles. The molecule has 0 radical (unpaired) electrons. The van der Waals surface area contributed by atoms with Crippen LogP contribution in [0.4, 0.5) is 0 Å². The van der Waals surface area contributed by atoms with Gasteiger partial charge in [-0.25, -0.2) is 0 Å². The van der Waals surface area contributed by atoms with Crippen LogP contribution >= 0.6 is 0 Å². The molecular weight excluding hydrogens is 94.0 g/mol. The third kappa shape index (κ3) is 5.01. The van der Waals surface area contributed by atoms with Gasteiger partial charge in [-0.1, -0.05) is 6.08 Å². The Morgan fingerprint density at radius 1 is 1.86 bits per heavy atom. The summed E-state index contributed by atoms with van der Waals surface area (Å²) in [5.74, 6) is -0.860. The number of carbonyl (C=O) groups is 1. The first-order chi connectivity index (χ1) is 3.27. The first kappa shape index (κ1) is 6.01. The molecule has 0 aliphatic carbocycles. The summed E-state index contributed by atoms with van der Waals surface area (Å²) in [7, 11) is 0. The standard InChI is InChI=1S/C4H7NO2/c5-3-1-2-4(6)7/h1,3H,2,5H2,(H,6,7)/b3-1-. The second-order valence-electron chi connectivity index (χ2n) is 1.03. The highest BCUT2D eigenvalue weighted by molar-refractivity contribution is 5.68. The fourth-order valence-electron chi connectivity index (χ4n) is 0.169. The van der Waals surface area contributed by atoms with Gasteiger partial charge in [-0.3, -0.25) is 4.79 Å². The average molecular weight is 101 g/mol. The Bertz CT molecular complexity index is 87.7. The Labute approximate surface area is 41.4 Å². The smallest absolute Gasteiger partial charge is 0.307 e. The molecule has 0 aliphatic rings. The third-order valence-electron chi connectivity index (χ3n) is 0.429. The zero-order valence-electron chi connectivity index (χ0n) is 3.79. The lowest BCUT2D eigenvalue weighted by atomic mass is 10.4. The van der Waals surface area contributed by atoms with Crippen LogP contribution in [0.1, 0.15) is 6.42 Å². The Hall–Kier alpha value is -0.990. The molecule has 0 aliphatic heterocycles. The van der Waals surface area contributed by atoms with Gasteiger partial charge >= 0.3 is 5.97 Å². The van der Waals surface area contributed by atoms with Gasteiger partial charge in [0.2, 0.25) is 0 Å². The Balaban J connectivity index is 3.14. The highest BCUT2D eigenvalue weighted by Gasteiger charge is 1.85. The summed E-state index contributed by atoms with van der Waals surface area (Å²) in [4.78, 5) is 9.65. The van der Waals surface area contributed by atoms with Gasteiger partial charge in [0, 0.05) is 0 Å². The fourth-order valence-corrected chi connectivity index (χ4v) is 0.169. The van der Waals surface area contributed by atoms with E-state index in [1.807, 2.05) is 0 Å². The third-order valence-corrected chi connectivity index (χ3v) is 0.429. The number of hydrogen-bond donors (Lipinski definition) is 2. The van der Waals surface area contributed by atoms with Crippen LogP contribution in [-0.4, -0.2) is 11.1 Å². The molecule has 0 aromatic rings. The second-order valence-corrected chi connectivity index (χ2v) is 1.03. The van der Waals surface area contributed by atoms with Crippen molar-refractivity contribution >= 4 is 5.97 Å². The fraction of sp³-hybridized carbons (Fsp3) is 0.250. The molecule has 0 saturated heterocycles. The Morgan fingerprint density at radius 3 is 2.57 bits per heavy atom. The first-order valence-corrected chi connectivity index (χ1v) is 1.86. The molecule has 0 amide bonds. The van der Waals surface area contributed by atoms with Gasteiger partial charge in [0.05, 0.1) is 6.42 Å². The van der Waals surface area contributed by atoms with Crippen LogP contribution in [0.15, 0.2) is 12.3 Å². The number of carboxylic acids is 1. The molecule has 7 heavy (non-hydrogen) atoms. The summed E-state index contributed by atoms with van der Waals surface area (Å²) < 4.78 is 0. The summed E-state index contributed by atoms with van der Waals surface area (Å²) in [6.45, 7) is 0. The normalized spacial score (nSPS) is 9.71. The van der Waals surface area contributed by atoms with Gasteiger partial charge in [0.1, 0.15) is 0 Å². The lowest BCUT2D eigenvalue weighted by molar-refractivity contribution is -0.136. The summed E-state index contributed by atoms with van der Waals surface area (Å²) >= 11 is 0. The number of hydrogen-bond acceptors (Lipinski definition) is 2. The maximum Gasteiger partial charge on any atom is 0.307 e. The maximum absolute atomic E-state index is 9.65. The molecule has 3 N–H and O–H groups in total. The molecular formula is C4H7NO2. The molecule has 0 aromatic carbocycles. The largest absolute Gasteiger partial charge is 0.481 e. The zero-order valence-corrected chi connectivity index (χ0v) is 3.79. The molecule has 0 atom stereocenters. The Kier molecular flexibility index (Phi) is 2.76. The van der Waals surface area contributed by atoms with Crippen molar-refractivity contribution in [1.82, 2.24) is 0 Å². The molecule has 0 saturated carbocycles. The molecule has 0 bridgehead atoms. The van der Waals surface area contributed by atoms with E-state index in [1.54, 1.807) is 0 Å². The van der Waals surface area contributed by atoms with Crippen LogP contribution in [0.25, 0.3) is 0 Å². The molecule has 0 rings (SSSR count). The van der Waals surface area contributed by atoms with E-state index in [-0.39, 0.29) is 6.42 Å². The number of nitrogens with two attached hydrogens (primary N) is 1. The van der Waals surface area contributed by atoms with Crippen LogP contribution in [0.5, 0.6) is 0 Å². The average Bonchev–Trinajstić information content (AvgIpc) is 1.61. The molecule has 0 unspecified atom stereocenters. The molecule has 3 heteroatoms. The molecule has 0 spiro atoms. The number of carboxylic acid groups (broad SMARTS) is 1. The van der Waals surface area contributed by atoms with E-state index < -0.39 is 5.97 Å². The van der Waals surface area contributed by atoms with Gasteiger partial charge in [0.25, 0.3) is 0 Å². The minimum atomic E-state index is -0.860. The van der Waals surface area contributed by atoms with Crippen molar-refractivity contribution in [2.24, 2.45) is 5.73 Å². The predicted octanol–water partition coefficient (Wildman–Crippen LogP) is -0.0665. The maximum atomic E-state index is 9.65. The van der Waals surface area contributed by atoms with Crippen LogP contribution in [-0.2, 0) is 4.79 Å². The Morgan fingerprint density at radius 2 is 2.43 bits per heavy atom. The van der Waals surface area contributed by atoms with Gasteiger partial charge < -0.3 is 10.8 Å². The summed E-state index contributed by atoms with van der Waals surface area (Å²) in [6.07, 6.45) is 2.60. The minimum Gasteiger partial charge on any atom is -0.481 e. The van der Waals surface area contributed by atoms with Crippen molar-refractivity contribution in [3.8, 4) is 0 Å². The number of aliphatic carboxylic acids is 1. The quantitative estimate of drug-likeness (QED) is 0.512. The van der Waals surface area contributed by atoms with Crippen molar-refractivity contribution in [3.05, 3.63) is 12.3 Å². The van der Waals surface area contributed by atoms with E-state index >= 15 is 0 Å². The predicted molar refractivity (Wildman–Crippen MR) is 25.6 cm³/mol. The van der Waals surface area contributed by atoms with Gasteiger partial charge in [-0.15, -0.1) is 0 Å². The van der Waals surface area contributed by atoms with E-state index in [1.165, 1.54) is 12.3 Å². The van der Waals surface area contributed by atoms with Crippen LogP contribution in [0.2, 0.25) is 0 Å². The van der Waals surface area contributed by atoms with Gasteiger partial charge in [0.15, 0.2) is 0 Å². The van der Waals surface area contributed by atoms with Crippen LogP contribution in [0.3, 0.4) is 0 Å². The van der Waals surface area contributed by atoms with E-state index in [0.29, 0.717) is 0 Å². The summed E-state index contributed by atoms with van der Waals surface area (Å²) in [5, 5.41) is 7.94. The monoisotopic (exact) mass is 101 g/mol. The summed E-state index contributed by atoms with van der Waals surface area (Å²) in [6, 6.07) is 0. The molecule has 0 fully saturated rings. The van der Waals surface area contributed by atoms with Gasteiger partial charge in [-0.05, 0) is 6.20 Å². The van der Waals surface area contributed by atoms with E-state index in [0.717, 1.165) is 0 Å².